The van der Waals surface area contributed by atoms with E-state index in [2.05, 4.69) is 40.9 Å². The molecule has 0 fully saturated rings. The fraction of sp³-hybridized carbons (Fsp3) is 0.136. The largest absolute Gasteiger partial charge is 0.349 e. The van der Waals surface area contributed by atoms with Crippen molar-refractivity contribution >= 4 is 28.7 Å². The van der Waals surface area contributed by atoms with Crippen molar-refractivity contribution in [2.24, 2.45) is 0 Å². The Hall–Kier alpha value is -3.67. The molecule has 2 heterocycles. The van der Waals surface area contributed by atoms with Crippen molar-refractivity contribution in [3.05, 3.63) is 93.0 Å². The highest BCUT2D eigenvalue weighted by atomic mass is 16.6. The molecule has 6 nitrogen and oxygen atoms in total. The number of aromatic nitrogens is 2. The molecular formula is C22H19N3O3. The summed E-state index contributed by atoms with van der Waals surface area (Å²) < 4.78 is 7.40. The van der Waals surface area contributed by atoms with Crippen LogP contribution in [0.25, 0.3) is 23.1 Å². The number of fused-ring (bicyclic) bond motifs is 1. The molecule has 140 valence electrons. The van der Waals surface area contributed by atoms with Crippen LogP contribution in [0.1, 0.15) is 28.3 Å². The smallest absolute Gasteiger partial charge is 0.338 e. The van der Waals surface area contributed by atoms with Crippen LogP contribution >= 0.6 is 0 Å². The number of hydrogen-bond acceptors (Lipinski definition) is 4. The van der Waals surface area contributed by atoms with Crippen LogP contribution in [-0.2, 0) is 6.54 Å². The average Bonchev–Trinajstić information content (AvgIpc) is 3.19. The number of para-hydroxylation sites is 1. The number of rotatable bonds is 5. The molecule has 0 unspecified atom stereocenters. The summed E-state index contributed by atoms with van der Waals surface area (Å²) in [6.07, 6.45) is 3.49. The quantitative estimate of drug-likeness (QED) is 0.348. The third kappa shape index (κ3) is 3.09. The highest BCUT2D eigenvalue weighted by Crippen LogP contribution is 2.30. The molecule has 4 aromatic rings. The molecule has 2 aromatic carbocycles. The van der Waals surface area contributed by atoms with Gasteiger partial charge >= 0.3 is 5.69 Å². The van der Waals surface area contributed by atoms with Crippen molar-refractivity contribution < 1.29 is 9.45 Å². The molecule has 2 aromatic heterocycles. The third-order valence-corrected chi connectivity index (χ3v) is 4.90. The first-order valence-corrected chi connectivity index (χ1v) is 8.96. The van der Waals surface area contributed by atoms with Crippen LogP contribution in [0, 0.1) is 24.0 Å². The first-order chi connectivity index (χ1) is 13.6. The van der Waals surface area contributed by atoms with Gasteiger partial charge in [0.2, 0.25) is 5.76 Å². The van der Waals surface area contributed by atoms with Gasteiger partial charge in [0.15, 0.2) is 5.69 Å². The van der Waals surface area contributed by atoms with Crippen LogP contribution in [0.4, 0.5) is 5.69 Å². The molecule has 0 atom stereocenters. The highest BCUT2D eigenvalue weighted by molar-refractivity contribution is 5.94. The Balaban J connectivity index is 1.80. The Morgan fingerprint density at radius 3 is 2.54 bits per heavy atom. The van der Waals surface area contributed by atoms with E-state index in [1.54, 1.807) is 13.0 Å². The average molecular weight is 373 g/mol. The predicted octanol–water partition coefficient (Wildman–Crippen LogP) is 5.37. The minimum Gasteiger partial charge on any atom is -0.349 e. The first kappa shape index (κ1) is 17.7. The Bertz CT molecular complexity index is 1190. The standard InChI is InChI=1S/C22H19N3O3/c1-15-22(25(26)27)21(28-23-15)13-12-18-16(2)24(14-17-8-4-3-5-9-17)20-11-7-6-10-19(18)20/h3-13H,14H2,1-2H3. The summed E-state index contributed by atoms with van der Waals surface area (Å²) in [5.74, 6) is 0.154. The lowest BCUT2D eigenvalue weighted by Gasteiger charge is -2.08. The van der Waals surface area contributed by atoms with E-state index in [9.17, 15) is 10.1 Å². The van der Waals surface area contributed by atoms with Gasteiger partial charge in [-0.25, -0.2) is 0 Å². The number of benzene rings is 2. The van der Waals surface area contributed by atoms with E-state index in [1.807, 2.05) is 36.4 Å². The number of nitro groups is 1. The maximum atomic E-state index is 11.3. The van der Waals surface area contributed by atoms with E-state index >= 15 is 0 Å². The summed E-state index contributed by atoms with van der Waals surface area (Å²) in [6.45, 7) is 4.38. The van der Waals surface area contributed by atoms with Crippen LogP contribution in [0.15, 0.2) is 59.1 Å². The van der Waals surface area contributed by atoms with E-state index in [4.69, 9.17) is 4.52 Å². The minimum absolute atomic E-state index is 0.0954. The second-order valence-corrected chi connectivity index (χ2v) is 6.66. The van der Waals surface area contributed by atoms with Crippen LogP contribution in [-0.4, -0.2) is 14.6 Å². The van der Waals surface area contributed by atoms with Crippen LogP contribution in [0.3, 0.4) is 0 Å². The van der Waals surface area contributed by atoms with Crippen molar-refractivity contribution in [2.75, 3.05) is 0 Å². The van der Waals surface area contributed by atoms with Gasteiger partial charge in [-0.1, -0.05) is 53.7 Å². The van der Waals surface area contributed by atoms with Gasteiger partial charge in [-0.05, 0) is 37.6 Å². The highest BCUT2D eigenvalue weighted by Gasteiger charge is 2.22. The molecule has 28 heavy (non-hydrogen) atoms. The van der Waals surface area contributed by atoms with Crippen molar-refractivity contribution in [3.63, 3.8) is 0 Å². The predicted molar refractivity (Wildman–Crippen MR) is 109 cm³/mol. The molecule has 4 rings (SSSR count). The van der Waals surface area contributed by atoms with Gasteiger partial charge in [0, 0.05) is 28.7 Å². The Morgan fingerprint density at radius 2 is 1.79 bits per heavy atom. The molecule has 0 spiro atoms. The third-order valence-electron chi connectivity index (χ3n) is 4.90. The molecule has 0 saturated carbocycles. The Kier molecular flexibility index (Phi) is 4.53. The Morgan fingerprint density at radius 1 is 1.07 bits per heavy atom. The van der Waals surface area contributed by atoms with Gasteiger partial charge in [-0.15, -0.1) is 0 Å². The summed E-state index contributed by atoms with van der Waals surface area (Å²) in [7, 11) is 0. The van der Waals surface area contributed by atoms with Crippen molar-refractivity contribution in [1.82, 2.24) is 9.72 Å². The van der Waals surface area contributed by atoms with Gasteiger partial charge < -0.3 is 9.09 Å². The van der Waals surface area contributed by atoms with Crippen molar-refractivity contribution in [1.29, 1.82) is 0 Å². The fourth-order valence-corrected chi connectivity index (χ4v) is 3.51. The van der Waals surface area contributed by atoms with E-state index < -0.39 is 4.92 Å². The molecule has 0 bridgehead atoms. The van der Waals surface area contributed by atoms with Crippen LogP contribution in [0.5, 0.6) is 0 Å². The first-order valence-electron chi connectivity index (χ1n) is 8.96. The second-order valence-electron chi connectivity index (χ2n) is 6.66. The molecule has 0 aliphatic heterocycles. The van der Waals surface area contributed by atoms with Crippen molar-refractivity contribution in [2.45, 2.75) is 20.4 Å². The van der Waals surface area contributed by atoms with E-state index in [-0.39, 0.29) is 17.1 Å². The lowest BCUT2D eigenvalue weighted by atomic mass is 10.1. The monoisotopic (exact) mass is 373 g/mol. The van der Waals surface area contributed by atoms with Gasteiger partial charge in [0.25, 0.3) is 0 Å². The molecular weight excluding hydrogens is 354 g/mol. The lowest BCUT2D eigenvalue weighted by Crippen LogP contribution is -2.01. The molecule has 0 saturated heterocycles. The number of aryl methyl sites for hydroxylation is 1. The summed E-state index contributed by atoms with van der Waals surface area (Å²) in [4.78, 5) is 10.8. The molecule has 0 aliphatic rings. The Labute approximate surface area is 161 Å². The summed E-state index contributed by atoms with van der Waals surface area (Å²) in [5.41, 5.74) is 4.60. The summed E-state index contributed by atoms with van der Waals surface area (Å²) in [6, 6.07) is 18.4. The van der Waals surface area contributed by atoms with Gasteiger partial charge in [0.05, 0.1) is 4.92 Å². The zero-order chi connectivity index (χ0) is 19.7. The molecule has 0 aliphatic carbocycles. The molecule has 0 radical (unpaired) electrons. The summed E-state index contributed by atoms with van der Waals surface area (Å²) >= 11 is 0. The zero-order valence-electron chi connectivity index (χ0n) is 15.6. The van der Waals surface area contributed by atoms with Gasteiger partial charge in [-0.3, -0.25) is 10.1 Å². The number of nitrogens with zero attached hydrogens (tertiary/aromatic N) is 3. The van der Waals surface area contributed by atoms with E-state index in [0.29, 0.717) is 0 Å². The lowest BCUT2D eigenvalue weighted by molar-refractivity contribution is -0.386. The molecule has 6 heteroatoms. The molecule has 0 amide bonds. The minimum atomic E-state index is -0.461. The SMILES string of the molecule is Cc1noc(C=Cc2c(C)n(Cc3ccccc3)c3ccccc23)c1[N+](=O)[O-]. The van der Waals surface area contributed by atoms with Gasteiger partial charge in [-0.2, -0.15) is 0 Å². The van der Waals surface area contributed by atoms with Crippen molar-refractivity contribution in [3.8, 4) is 0 Å². The second kappa shape index (κ2) is 7.15. The van der Waals surface area contributed by atoms with Crippen LogP contribution < -0.4 is 0 Å². The normalized spacial score (nSPS) is 11.5. The number of hydrogen-bond donors (Lipinski definition) is 0. The zero-order valence-corrected chi connectivity index (χ0v) is 15.6. The molecule has 0 N–H and O–H groups in total. The van der Waals surface area contributed by atoms with E-state index in [1.165, 1.54) is 5.56 Å². The topological polar surface area (TPSA) is 74.1 Å². The van der Waals surface area contributed by atoms with Crippen LogP contribution in [0.2, 0.25) is 0 Å². The maximum Gasteiger partial charge on any atom is 0.338 e. The van der Waals surface area contributed by atoms with E-state index in [0.717, 1.165) is 28.7 Å². The summed E-state index contributed by atoms with van der Waals surface area (Å²) in [5, 5.41) is 16.1. The van der Waals surface area contributed by atoms with Gasteiger partial charge in [0.1, 0.15) is 0 Å². The fourth-order valence-electron chi connectivity index (χ4n) is 3.51. The maximum absolute atomic E-state index is 11.3.